The van der Waals surface area contributed by atoms with Crippen LogP contribution in [-0.4, -0.2) is 59.0 Å². The Morgan fingerprint density at radius 1 is 0.375 bits per heavy atom. The zero-order valence-electron chi connectivity index (χ0n) is 40.5. The van der Waals surface area contributed by atoms with Crippen LogP contribution in [0.25, 0.3) is 65.4 Å². The van der Waals surface area contributed by atoms with Gasteiger partial charge in [-0.05, 0) is 173 Å². The number of thiophene rings is 2. The lowest BCUT2D eigenvalue weighted by atomic mass is 9.85. The van der Waals surface area contributed by atoms with E-state index < -0.39 is 0 Å². The van der Waals surface area contributed by atoms with Crippen LogP contribution >= 0.6 is 22.7 Å². The van der Waals surface area contributed by atoms with E-state index in [1.165, 1.54) is 90.4 Å². The summed E-state index contributed by atoms with van der Waals surface area (Å²) in [5.74, 6) is 6.49. The monoisotopic (exact) mass is 968 g/mol. The average molecular weight is 969 g/mol. The van der Waals surface area contributed by atoms with Gasteiger partial charge in [0.2, 0.25) is 0 Å². The third-order valence-corrected chi connectivity index (χ3v) is 17.7. The standard InChI is InChI=1S/C66H56N4S2/c1-5-15-45(16-6-1)47-35-39-69(40-36-47)43-51-23-13-25-53(51)65-57-29-27-55(67-57)63(49-19-9-3-10-20-49)59-31-32-60(71-59)64(50-21-11-4-12-22-50)56-28-30-58(68-56)66(62-34-33-61(65)72-62)54-26-14-24-52(54)44-70-41-37-48(38-42-70)46-17-7-2-8-18-46/h1-34,47-48H,35-44H2. The fourth-order valence-corrected chi connectivity index (χ4v) is 14.1. The van der Waals surface area contributed by atoms with Gasteiger partial charge in [-0.15, -0.1) is 22.7 Å². The molecule has 13 rings (SSSR count). The minimum Gasteiger partial charge on any atom is -0.303 e. The van der Waals surface area contributed by atoms with Crippen molar-refractivity contribution in [3.63, 3.8) is 0 Å². The predicted octanol–water partition coefficient (Wildman–Crippen LogP) is 15.5. The molecule has 2 saturated carbocycles. The molecule has 0 amide bonds. The summed E-state index contributed by atoms with van der Waals surface area (Å²) < 4.78 is 4.80. The summed E-state index contributed by atoms with van der Waals surface area (Å²) in [4.78, 5) is 16.7. The highest BCUT2D eigenvalue weighted by Crippen LogP contribution is 2.49. The number of likely N-dealkylation sites (tertiary alicyclic amines) is 2. The topological polar surface area (TPSA) is 32.3 Å². The van der Waals surface area contributed by atoms with E-state index in [1.54, 1.807) is 0 Å². The second kappa shape index (κ2) is 20.6. The molecular weight excluding hydrogens is 913 g/mol. The minimum atomic E-state index is 0.617. The van der Waals surface area contributed by atoms with Crippen molar-refractivity contribution in [3.8, 4) is 22.3 Å². The van der Waals surface area contributed by atoms with Crippen LogP contribution in [0.3, 0.4) is 0 Å². The Morgan fingerprint density at radius 2 is 0.708 bits per heavy atom. The van der Waals surface area contributed by atoms with Gasteiger partial charge in [-0.25, -0.2) is 9.97 Å². The van der Waals surface area contributed by atoms with Gasteiger partial charge in [0.15, 0.2) is 0 Å². The van der Waals surface area contributed by atoms with Crippen LogP contribution in [0.15, 0.2) is 146 Å². The van der Waals surface area contributed by atoms with Gasteiger partial charge in [0.25, 0.3) is 0 Å². The van der Waals surface area contributed by atoms with E-state index in [4.69, 9.17) is 9.97 Å². The first kappa shape index (κ1) is 46.1. The fourth-order valence-electron chi connectivity index (χ4n) is 11.8. The Bertz CT molecular complexity index is 3030. The molecule has 4 fully saturated rings. The van der Waals surface area contributed by atoms with Crippen molar-refractivity contribution in [2.45, 2.75) is 37.5 Å². The van der Waals surface area contributed by atoms with Crippen LogP contribution in [-0.2, 0) is 0 Å². The van der Waals surface area contributed by atoms with Gasteiger partial charge in [-0.1, -0.05) is 121 Å². The summed E-state index contributed by atoms with van der Waals surface area (Å²) in [7, 11) is 0. The van der Waals surface area contributed by atoms with Crippen LogP contribution in [0.5, 0.6) is 0 Å². The molecule has 4 nitrogen and oxygen atoms in total. The summed E-state index contributed by atoms with van der Waals surface area (Å²) in [5, 5.41) is 0. The van der Waals surface area contributed by atoms with Crippen molar-refractivity contribution in [1.29, 1.82) is 0 Å². The molecule has 352 valence electrons. The molecule has 3 aromatic heterocycles. The zero-order chi connectivity index (χ0) is 47.8. The van der Waals surface area contributed by atoms with E-state index in [9.17, 15) is 0 Å². The first-order chi connectivity index (χ1) is 35.7. The molecule has 0 N–H and O–H groups in total. The number of aromatic nitrogens is 2. The largest absolute Gasteiger partial charge is 0.303 e. The van der Waals surface area contributed by atoms with E-state index in [0.29, 0.717) is 11.8 Å². The smallest absolute Gasteiger partial charge is 0.0730 e. The summed E-state index contributed by atoms with van der Waals surface area (Å²) >= 11 is 3.71. The molecule has 6 aliphatic rings. The molecule has 2 aliphatic carbocycles. The Morgan fingerprint density at radius 3 is 1.08 bits per heavy atom. The number of piperidine rings is 2. The second-order valence-electron chi connectivity index (χ2n) is 19.8. The number of hydrogen-bond donors (Lipinski definition) is 0. The molecule has 4 aromatic carbocycles. The highest BCUT2D eigenvalue weighted by Gasteiger charge is 2.38. The normalized spacial score (nSPS) is 19.0. The molecule has 7 heterocycles. The van der Waals surface area contributed by atoms with Crippen molar-refractivity contribution in [2.24, 2.45) is 0 Å². The maximum absolute atomic E-state index is 5.69. The molecule has 6 heteroatoms. The van der Waals surface area contributed by atoms with Crippen molar-refractivity contribution in [3.05, 3.63) is 253 Å². The second-order valence-corrected chi connectivity index (χ2v) is 22.0. The van der Waals surface area contributed by atoms with E-state index in [0.717, 1.165) is 84.3 Å². The molecule has 0 atom stereocenters. The fraction of sp³-hybridized carbons (Fsp3) is 0.182. The van der Waals surface area contributed by atoms with Crippen LogP contribution in [0.4, 0.5) is 0 Å². The lowest BCUT2D eigenvalue weighted by Gasteiger charge is -2.35. The first-order valence-corrected chi connectivity index (χ1v) is 27.4. The number of fused-ring (bicyclic) bond motifs is 8. The predicted molar refractivity (Wildman–Crippen MR) is 303 cm³/mol. The summed E-state index contributed by atoms with van der Waals surface area (Å²) in [6.45, 7) is 6.17. The Hall–Kier alpha value is -5.76. The first-order valence-electron chi connectivity index (χ1n) is 25.8. The van der Waals surface area contributed by atoms with Crippen LogP contribution in [0.2, 0.25) is 0 Å². The average Bonchev–Trinajstić information content (AvgIpc) is 4.32. The quantitative estimate of drug-likeness (QED) is 0.137. The van der Waals surface area contributed by atoms with Crippen molar-refractivity contribution in [1.82, 2.24) is 19.8 Å². The molecule has 72 heavy (non-hydrogen) atoms. The Kier molecular flexibility index (Phi) is 13.2. The highest BCUT2D eigenvalue weighted by molar-refractivity contribution is 7.24. The van der Waals surface area contributed by atoms with E-state index >= 15 is 0 Å². The van der Waals surface area contributed by atoms with Gasteiger partial charge >= 0.3 is 0 Å². The van der Waals surface area contributed by atoms with Crippen LogP contribution < -0.4 is 0 Å². The van der Waals surface area contributed by atoms with Crippen molar-refractivity contribution >= 4 is 65.8 Å². The van der Waals surface area contributed by atoms with E-state index in [2.05, 4.69) is 218 Å². The van der Waals surface area contributed by atoms with Crippen LogP contribution in [0, 0.1) is 62.2 Å². The SMILES string of the molecule is [CH]1[CH][C](CN2CCC(c3ccccc3)CC2)[C](c2c3nc(c(-c4ccccc4)c4ccc(s4)c(-c4ccccc4)c4nc(c([C]5[CH][CH][CH][C]5CN5CCC(c6ccccc6)CC5)c5ccc2s5)C=C4)C=C3)[CH]1. The van der Waals surface area contributed by atoms with E-state index in [1.807, 2.05) is 22.7 Å². The minimum absolute atomic E-state index is 0.617. The zero-order valence-corrected chi connectivity index (χ0v) is 42.1. The van der Waals surface area contributed by atoms with Crippen LogP contribution in [0.1, 0.15) is 82.5 Å². The molecule has 8 bridgehead atoms. The lowest BCUT2D eigenvalue weighted by molar-refractivity contribution is 0.222. The van der Waals surface area contributed by atoms with Gasteiger partial charge in [0, 0.05) is 77.8 Å². The highest BCUT2D eigenvalue weighted by atomic mass is 32.1. The number of hydrogen-bond acceptors (Lipinski definition) is 6. The van der Waals surface area contributed by atoms with Crippen molar-refractivity contribution in [2.75, 3.05) is 39.3 Å². The third-order valence-electron chi connectivity index (χ3n) is 15.5. The summed E-state index contributed by atoms with van der Waals surface area (Å²) in [6, 6.07) is 53.2. The molecule has 0 unspecified atom stereocenters. The van der Waals surface area contributed by atoms with E-state index in [-0.39, 0.29) is 0 Å². The summed E-state index contributed by atoms with van der Waals surface area (Å²) in [6.07, 6.45) is 27.7. The molecule has 2 saturated heterocycles. The molecule has 7 aromatic rings. The Labute approximate surface area is 434 Å². The number of rotatable bonds is 10. The number of benzene rings is 4. The van der Waals surface area contributed by atoms with Gasteiger partial charge in [-0.3, -0.25) is 0 Å². The molecule has 4 aliphatic heterocycles. The maximum Gasteiger partial charge on any atom is 0.0730 e. The van der Waals surface area contributed by atoms with Gasteiger partial charge in [0.05, 0.1) is 22.8 Å². The third kappa shape index (κ3) is 9.30. The van der Waals surface area contributed by atoms with Gasteiger partial charge < -0.3 is 9.80 Å². The number of nitrogens with zero attached hydrogens (tertiary/aromatic N) is 4. The Balaban J connectivity index is 0.954. The lowest BCUT2D eigenvalue weighted by Crippen LogP contribution is -2.36. The molecule has 0 spiro atoms. The maximum atomic E-state index is 5.69. The molecule has 10 radical (unpaired) electrons. The van der Waals surface area contributed by atoms with Crippen molar-refractivity contribution < 1.29 is 0 Å². The molecular formula is C66H56N4S2. The summed E-state index contributed by atoms with van der Waals surface area (Å²) in [5.41, 5.74) is 13.9. The van der Waals surface area contributed by atoms with Gasteiger partial charge in [0.1, 0.15) is 0 Å². The van der Waals surface area contributed by atoms with Gasteiger partial charge in [-0.2, -0.15) is 0 Å².